The molecule has 1 aromatic heterocycles. The second-order valence-electron chi connectivity index (χ2n) is 4.90. The summed E-state index contributed by atoms with van der Waals surface area (Å²) < 4.78 is 6.89. The maximum atomic E-state index is 11.2. The molecule has 0 N–H and O–H groups in total. The van der Waals surface area contributed by atoms with E-state index in [9.17, 15) is 4.79 Å². The minimum atomic E-state index is -0.344. The summed E-state index contributed by atoms with van der Waals surface area (Å²) in [6, 6.07) is 9.73. The van der Waals surface area contributed by atoms with Gasteiger partial charge in [-0.1, -0.05) is 31.5 Å². The van der Waals surface area contributed by atoms with Crippen LogP contribution in [0.15, 0.2) is 30.3 Å². The highest BCUT2D eigenvalue weighted by atomic mass is 16.5. The third-order valence-electron chi connectivity index (χ3n) is 2.81. The number of hydrogen-bond acceptors (Lipinski definition) is 3. The van der Waals surface area contributed by atoms with Crippen molar-refractivity contribution >= 4 is 5.97 Å². The quantitative estimate of drug-likeness (QED) is 0.794. The van der Waals surface area contributed by atoms with Crippen LogP contribution in [0.4, 0.5) is 0 Å². The normalized spacial score (nSPS) is 10.8. The molecular weight excluding hydrogens is 240 g/mol. The lowest BCUT2D eigenvalue weighted by Crippen LogP contribution is -2.07. The van der Waals surface area contributed by atoms with E-state index in [1.807, 2.05) is 37.3 Å². The van der Waals surface area contributed by atoms with Gasteiger partial charge in [0.15, 0.2) is 0 Å². The summed E-state index contributed by atoms with van der Waals surface area (Å²) in [4.78, 5) is 11.2. The summed E-state index contributed by atoms with van der Waals surface area (Å²) in [5.41, 5.74) is 2.96. The highest BCUT2D eigenvalue weighted by Gasteiger charge is 2.14. The Bertz CT molecular complexity index is 583. The van der Waals surface area contributed by atoms with Gasteiger partial charge in [-0.2, -0.15) is 5.10 Å². The van der Waals surface area contributed by atoms with Crippen LogP contribution in [0.25, 0.3) is 5.69 Å². The number of ether oxygens (including phenoxy) is 1. The monoisotopic (exact) mass is 258 g/mol. The van der Waals surface area contributed by atoms with Gasteiger partial charge >= 0.3 is 5.97 Å². The first-order valence-corrected chi connectivity index (χ1v) is 6.33. The summed E-state index contributed by atoms with van der Waals surface area (Å²) in [5, 5.41) is 4.50. The molecule has 0 bridgehead atoms. The number of aryl methyl sites for hydroxylation is 1. The lowest BCUT2D eigenvalue weighted by Gasteiger charge is -2.06. The Morgan fingerprint density at radius 1 is 1.26 bits per heavy atom. The highest BCUT2D eigenvalue weighted by Crippen LogP contribution is 2.24. The largest absolute Gasteiger partial charge is 0.408 e. The van der Waals surface area contributed by atoms with Crippen LogP contribution in [-0.2, 0) is 4.79 Å². The van der Waals surface area contributed by atoms with Gasteiger partial charge in [-0.3, -0.25) is 4.79 Å². The standard InChI is InChI=1S/C15H18N2O2/c1-10(2)14-9-15(19-12(4)18)17(16-14)13-7-5-11(3)6-8-13/h5-10H,1-4H3. The summed E-state index contributed by atoms with van der Waals surface area (Å²) in [5.74, 6) is 0.393. The first-order valence-electron chi connectivity index (χ1n) is 6.33. The molecule has 0 fully saturated rings. The van der Waals surface area contributed by atoms with Gasteiger partial charge in [0.2, 0.25) is 5.88 Å². The minimum absolute atomic E-state index is 0.279. The molecule has 0 aliphatic rings. The summed E-state index contributed by atoms with van der Waals surface area (Å²) in [7, 11) is 0. The van der Waals surface area contributed by atoms with Gasteiger partial charge in [0.25, 0.3) is 0 Å². The fourth-order valence-electron chi connectivity index (χ4n) is 1.75. The molecular formula is C15H18N2O2. The molecule has 4 nitrogen and oxygen atoms in total. The van der Waals surface area contributed by atoms with Crippen molar-refractivity contribution in [2.24, 2.45) is 0 Å². The molecule has 1 aromatic carbocycles. The Kier molecular flexibility index (Phi) is 3.69. The van der Waals surface area contributed by atoms with Crippen molar-refractivity contribution in [3.05, 3.63) is 41.6 Å². The number of rotatable bonds is 3. The second kappa shape index (κ2) is 5.26. The SMILES string of the molecule is CC(=O)Oc1cc(C(C)C)nn1-c1ccc(C)cc1. The first kappa shape index (κ1) is 13.3. The molecule has 0 atom stereocenters. The maximum absolute atomic E-state index is 11.2. The lowest BCUT2D eigenvalue weighted by atomic mass is 10.1. The van der Waals surface area contributed by atoms with Gasteiger partial charge in [0.05, 0.1) is 11.4 Å². The van der Waals surface area contributed by atoms with Crippen LogP contribution >= 0.6 is 0 Å². The Morgan fingerprint density at radius 2 is 1.89 bits per heavy atom. The van der Waals surface area contributed by atoms with Crippen LogP contribution in [0.3, 0.4) is 0 Å². The molecule has 0 saturated heterocycles. The number of hydrogen-bond donors (Lipinski definition) is 0. The Labute approximate surface area is 113 Å². The summed E-state index contributed by atoms with van der Waals surface area (Å²) >= 11 is 0. The lowest BCUT2D eigenvalue weighted by molar-refractivity contribution is -0.132. The topological polar surface area (TPSA) is 44.1 Å². The zero-order valence-electron chi connectivity index (χ0n) is 11.7. The van der Waals surface area contributed by atoms with Crippen molar-refractivity contribution in [3.8, 4) is 11.6 Å². The molecule has 19 heavy (non-hydrogen) atoms. The highest BCUT2D eigenvalue weighted by molar-refractivity contribution is 5.69. The van der Waals surface area contributed by atoms with Crippen molar-refractivity contribution in [1.29, 1.82) is 0 Å². The average molecular weight is 258 g/mol. The molecule has 100 valence electrons. The van der Waals surface area contributed by atoms with Crippen LogP contribution in [0.5, 0.6) is 5.88 Å². The minimum Gasteiger partial charge on any atom is -0.408 e. The molecule has 2 rings (SSSR count). The van der Waals surface area contributed by atoms with Gasteiger partial charge in [0.1, 0.15) is 0 Å². The van der Waals surface area contributed by atoms with Crippen LogP contribution in [0, 0.1) is 6.92 Å². The molecule has 0 saturated carbocycles. The van der Waals surface area contributed by atoms with Crippen molar-refractivity contribution in [1.82, 2.24) is 9.78 Å². The van der Waals surface area contributed by atoms with E-state index in [1.54, 1.807) is 4.68 Å². The van der Waals surface area contributed by atoms with E-state index < -0.39 is 0 Å². The van der Waals surface area contributed by atoms with Crippen LogP contribution in [-0.4, -0.2) is 15.7 Å². The van der Waals surface area contributed by atoms with Gasteiger partial charge in [-0.15, -0.1) is 0 Å². The van der Waals surface area contributed by atoms with Crippen LogP contribution in [0.2, 0.25) is 0 Å². The molecule has 0 spiro atoms. The molecule has 0 amide bonds. The number of esters is 1. The van der Waals surface area contributed by atoms with Crippen molar-refractivity contribution in [2.45, 2.75) is 33.6 Å². The third-order valence-corrected chi connectivity index (χ3v) is 2.81. The number of benzene rings is 1. The van der Waals surface area contributed by atoms with Crippen LogP contribution in [0.1, 0.15) is 37.9 Å². The van der Waals surface area contributed by atoms with E-state index in [1.165, 1.54) is 12.5 Å². The zero-order valence-corrected chi connectivity index (χ0v) is 11.7. The van der Waals surface area contributed by atoms with Gasteiger partial charge in [-0.25, -0.2) is 4.68 Å². The summed E-state index contributed by atoms with van der Waals surface area (Å²) in [6.07, 6.45) is 0. The Morgan fingerprint density at radius 3 is 2.42 bits per heavy atom. The average Bonchev–Trinajstić information content (AvgIpc) is 2.73. The molecule has 4 heteroatoms. The van der Waals surface area contributed by atoms with E-state index in [0.717, 1.165) is 11.4 Å². The molecule has 1 heterocycles. The van der Waals surface area contributed by atoms with E-state index in [2.05, 4.69) is 18.9 Å². The predicted molar refractivity (Wildman–Crippen MR) is 73.7 cm³/mol. The number of aromatic nitrogens is 2. The fraction of sp³-hybridized carbons (Fsp3) is 0.333. The van der Waals surface area contributed by atoms with E-state index in [0.29, 0.717) is 5.88 Å². The van der Waals surface area contributed by atoms with Crippen molar-refractivity contribution in [3.63, 3.8) is 0 Å². The molecule has 0 radical (unpaired) electrons. The predicted octanol–water partition coefficient (Wildman–Crippen LogP) is 3.23. The third kappa shape index (κ3) is 3.02. The molecule has 0 unspecified atom stereocenters. The Hall–Kier alpha value is -2.10. The molecule has 0 aliphatic carbocycles. The van der Waals surface area contributed by atoms with Gasteiger partial charge in [-0.05, 0) is 25.0 Å². The number of nitrogens with zero attached hydrogens (tertiary/aromatic N) is 2. The van der Waals surface area contributed by atoms with Gasteiger partial charge < -0.3 is 4.74 Å². The second-order valence-corrected chi connectivity index (χ2v) is 4.90. The first-order chi connectivity index (χ1) is 8.97. The number of carbonyl (C=O) groups excluding carboxylic acids is 1. The van der Waals surface area contributed by atoms with E-state index in [4.69, 9.17) is 4.74 Å². The smallest absolute Gasteiger partial charge is 0.309 e. The maximum Gasteiger partial charge on any atom is 0.309 e. The van der Waals surface area contributed by atoms with E-state index in [-0.39, 0.29) is 11.9 Å². The number of carbonyl (C=O) groups is 1. The summed E-state index contributed by atoms with van der Waals surface area (Å²) in [6.45, 7) is 7.53. The fourth-order valence-corrected chi connectivity index (χ4v) is 1.75. The van der Waals surface area contributed by atoms with Crippen molar-refractivity contribution in [2.75, 3.05) is 0 Å². The van der Waals surface area contributed by atoms with E-state index >= 15 is 0 Å². The molecule has 2 aromatic rings. The van der Waals surface area contributed by atoms with Crippen molar-refractivity contribution < 1.29 is 9.53 Å². The van der Waals surface area contributed by atoms with Gasteiger partial charge in [0, 0.05) is 13.0 Å². The molecule has 0 aliphatic heterocycles. The zero-order chi connectivity index (χ0) is 14.0. The van der Waals surface area contributed by atoms with Crippen LogP contribution < -0.4 is 4.74 Å². The Balaban J connectivity index is 2.47.